The van der Waals surface area contributed by atoms with Gasteiger partial charge in [-0.2, -0.15) is 0 Å². The third-order valence-corrected chi connectivity index (χ3v) is 2.95. The summed E-state index contributed by atoms with van der Waals surface area (Å²) in [5.41, 5.74) is 0.631. The molecule has 2 rings (SSSR count). The topological polar surface area (TPSA) is 65.0 Å². The predicted molar refractivity (Wildman–Crippen MR) is 78.4 cm³/mol. The largest absolute Gasteiger partial charge is 0.478 e. The van der Waals surface area contributed by atoms with Crippen molar-refractivity contribution >= 4 is 17.7 Å². The Morgan fingerprint density at radius 1 is 1.33 bits per heavy atom. The first kappa shape index (κ1) is 15.2. The summed E-state index contributed by atoms with van der Waals surface area (Å²) in [6, 6.07) is 8.75. The highest BCUT2D eigenvalue weighted by molar-refractivity contribution is 6.07. The summed E-state index contributed by atoms with van der Waals surface area (Å²) < 4.78 is 10.5. The summed E-state index contributed by atoms with van der Waals surface area (Å²) in [5.74, 6) is 0.0592. The lowest BCUT2D eigenvalue weighted by atomic mass is 10.1. The molecule has 1 aromatic carbocycles. The normalized spacial score (nSPS) is 17.3. The van der Waals surface area contributed by atoms with Crippen LogP contribution in [0.15, 0.2) is 35.3 Å². The van der Waals surface area contributed by atoms with Crippen molar-refractivity contribution in [3.8, 4) is 0 Å². The van der Waals surface area contributed by atoms with Gasteiger partial charge in [-0.25, -0.2) is 4.99 Å². The number of carbonyl (C=O) groups is 2. The number of hydrogen-bond acceptors (Lipinski definition) is 5. The van der Waals surface area contributed by atoms with Gasteiger partial charge in [0, 0.05) is 5.56 Å². The van der Waals surface area contributed by atoms with Gasteiger partial charge in [0.25, 0.3) is 0 Å². The molecule has 0 amide bonds. The molecule has 0 bridgehead atoms. The van der Waals surface area contributed by atoms with Gasteiger partial charge in [-0.15, -0.1) is 0 Å². The summed E-state index contributed by atoms with van der Waals surface area (Å²) in [6.07, 6.45) is 0.170. The maximum absolute atomic E-state index is 12.0. The molecule has 0 saturated carbocycles. The molecule has 5 heteroatoms. The van der Waals surface area contributed by atoms with Crippen molar-refractivity contribution in [3.63, 3.8) is 0 Å². The van der Waals surface area contributed by atoms with Crippen LogP contribution < -0.4 is 0 Å². The number of nitrogens with zero attached hydrogens (tertiary/aromatic N) is 1. The van der Waals surface area contributed by atoms with Gasteiger partial charge in [0.15, 0.2) is 11.7 Å². The molecular formula is C16H19NO4. The molecule has 21 heavy (non-hydrogen) atoms. The standard InChI is InChI=1S/C16H19NO4/c1-11(2)21-16(19)8-13-10-20-15(17-13)9-14(18)12-6-4-3-5-7-12/h3-7,11,13H,8-10H2,1-2H3. The maximum atomic E-state index is 12.0. The summed E-state index contributed by atoms with van der Waals surface area (Å²) in [5, 5.41) is 0. The van der Waals surface area contributed by atoms with Crippen molar-refractivity contribution in [2.24, 2.45) is 4.99 Å². The molecular weight excluding hydrogens is 270 g/mol. The van der Waals surface area contributed by atoms with Crippen LogP contribution in [0.25, 0.3) is 0 Å². The van der Waals surface area contributed by atoms with Crippen LogP contribution in [0.1, 0.15) is 37.0 Å². The molecule has 0 saturated heterocycles. The van der Waals surface area contributed by atoms with Gasteiger partial charge in [0.1, 0.15) is 6.61 Å². The predicted octanol–water partition coefficient (Wildman–Crippen LogP) is 2.40. The van der Waals surface area contributed by atoms with Crippen molar-refractivity contribution in [3.05, 3.63) is 35.9 Å². The Labute approximate surface area is 124 Å². The fraction of sp³-hybridized carbons (Fsp3) is 0.438. The summed E-state index contributed by atoms with van der Waals surface area (Å²) in [4.78, 5) is 27.8. The summed E-state index contributed by atoms with van der Waals surface area (Å²) in [6.45, 7) is 3.93. The number of ether oxygens (including phenoxy) is 2. The van der Waals surface area contributed by atoms with Crippen molar-refractivity contribution in [1.29, 1.82) is 0 Å². The minimum atomic E-state index is -0.294. The number of benzene rings is 1. The van der Waals surface area contributed by atoms with Gasteiger partial charge in [0.05, 0.1) is 25.0 Å². The smallest absolute Gasteiger partial charge is 0.308 e. The molecule has 112 valence electrons. The van der Waals surface area contributed by atoms with Crippen LogP contribution in [0.5, 0.6) is 0 Å². The SMILES string of the molecule is CC(C)OC(=O)CC1COC(CC(=O)c2ccccc2)=N1. The fourth-order valence-electron chi connectivity index (χ4n) is 2.04. The highest BCUT2D eigenvalue weighted by Gasteiger charge is 2.24. The maximum Gasteiger partial charge on any atom is 0.308 e. The number of esters is 1. The van der Waals surface area contributed by atoms with Crippen LogP contribution in [-0.4, -0.2) is 36.4 Å². The van der Waals surface area contributed by atoms with E-state index in [9.17, 15) is 9.59 Å². The van der Waals surface area contributed by atoms with Crippen LogP contribution in [0.2, 0.25) is 0 Å². The molecule has 0 aliphatic carbocycles. The van der Waals surface area contributed by atoms with Gasteiger partial charge in [-0.05, 0) is 13.8 Å². The monoisotopic (exact) mass is 289 g/mol. The Balaban J connectivity index is 1.87. The lowest BCUT2D eigenvalue weighted by Gasteiger charge is -2.08. The van der Waals surface area contributed by atoms with Gasteiger partial charge >= 0.3 is 5.97 Å². The van der Waals surface area contributed by atoms with Crippen LogP contribution in [0, 0.1) is 0 Å². The number of carbonyl (C=O) groups excluding carboxylic acids is 2. The fourth-order valence-corrected chi connectivity index (χ4v) is 2.04. The van der Waals surface area contributed by atoms with E-state index in [4.69, 9.17) is 9.47 Å². The molecule has 0 aromatic heterocycles. The Morgan fingerprint density at radius 3 is 2.71 bits per heavy atom. The molecule has 1 aliphatic rings. The first-order valence-electron chi connectivity index (χ1n) is 7.02. The van der Waals surface area contributed by atoms with E-state index in [0.717, 1.165) is 0 Å². The van der Waals surface area contributed by atoms with E-state index in [1.807, 2.05) is 18.2 Å². The second-order valence-corrected chi connectivity index (χ2v) is 5.20. The first-order valence-corrected chi connectivity index (χ1v) is 7.02. The van der Waals surface area contributed by atoms with E-state index >= 15 is 0 Å². The van der Waals surface area contributed by atoms with E-state index in [2.05, 4.69) is 4.99 Å². The summed E-state index contributed by atoms with van der Waals surface area (Å²) >= 11 is 0. The molecule has 0 radical (unpaired) electrons. The van der Waals surface area contributed by atoms with Gasteiger partial charge in [-0.1, -0.05) is 30.3 Å². The first-order chi connectivity index (χ1) is 10.0. The van der Waals surface area contributed by atoms with Crippen LogP contribution in [-0.2, 0) is 14.3 Å². The average molecular weight is 289 g/mol. The van der Waals surface area contributed by atoms with Crippen molar-refractivity contribution in [2.45, 2.75) is 38.8 Å². The number of Topliss-reactive ketones (excluding diaryl/α,β-unsaturated/α-hetero) is 1. The molecule has 0 spiro atoms. The highest BCUT2D eigenvalue weighted by Crippen LogP contribution is 2.14. The zero-order valence-electron chi connectivity index (χ0n) is 12.2. The van der Waals surface area contributed by atoms with Crippen molar-refractivity contribution in [2.75, 3.05) is 6.61 Å². The van der Waals surface area contributed by atoms with Crippen LogP contribution >= 0.6 is 0 Å². The Kier molecular flexibility index (Phi) is 5.09. The number of rotatable bonds is 6. The minimum Gasteiger partial charge on any atom is -0.478 e. The van der Waals surface area contributed by atoms with Crippen LogP contribution in [0.4, 0.5) is 0 Å². The molecule has 5 nitrogen and oxygen atoms in total. The Hall–Kier alpha value is -2.17. The second kappa shape index (κ2) is 7.02. The van der Waals surface area contributed by atoms with E-state index in [-0.39, 0.29) is 36.7 Å². The summed E-state index contributed by atoms with van der Waals surface area (Å²) in [7, 11) is 0. The second-order valence-electron chi connectivity index (χ2n) is 5.20. The number of hydrogen-bond donors (Lipinski definition) is 0. The number of ketones is 1. The molecule has 1 atom stereocenters. The zero-order chi connectivity index (χ0) is 15.2. The Morgan fingerprint density at radius 2 is 2.05 bits per heavy atom. The van der Waals surface area contributed by atoms with Gasteiger partial charge in [0.2, 0.25) is 0 Å². The molecule has 0 fully saturated rings. The molecule has 1 aromatic rings. The van der Waals surface area contributed by atoms with Crippen molar-refractivity contribution in [1.82, 2.24) is 0 Å². The zero-order valence-corrected chi connectivity index (χ0v) is 12.2. The number of aliphatic imine (C=N–C) groups is 1. The lowest BCUT2D eigenvalue weighted by molar-refractivity contribution is -0.147. The Bertz CT molecular complexity index is 536. The quantitative estimate of drug-likeness (QED) is 0.596. The molecule has 1 aliphatic heterocycles. The van der Waals surface area contributed by atoms with Crippen molar-refractivity contribution < 1.29 is 19.1 Å². The van der Waals surface area contributed by atoms with E-state index in [0.29, 0.717) is 18.1 Å². The van der Waals surface area contributed by atoms with Gasteiger partial charge in [-0.3, -0.25) is 9.59 Å². The van der Waals surface area contributed by atoms with E-state index in [1.54, 1.807) is 26.0 Å². The molecule has 1 heterocycles. The van der Waals surface area contributed by atoms with Crippen LogP contribution in [0.3, 0.4) is 0 Å². The molecule has 1 unspecified atom stereocenters. The lowest BCUT2D eigenvalue weighted by Crippen LogP contribution is -2.18. The van der Waals surface area contributed by atoms with E-state index in [1.165, 1.54) is 0 Å². The average Bonchev–Trinajstić information content (AvgIpc) is 2.85. The van der Waals surface area contributed by atoms with E-state index < -0.39 is 0 Å². The third-order valence-electron chi connectivity index (χ3n) is 2.95. The molecule has 0 N–H and O–H groups in total. The van der Waals surface area contributed by atoms with Gasteiger partial charge < -0.3 is 9.47 Å². The highest BCUT2D eigenvalue weighted by atomic mass is 16.5. The minimum absolute atomic E-state index is 0.0419. The third kappa shape index (κ3) is 4.70.